The van der Waals surface area contributed by atoms with E-state index in [0.29, 0.717) is 11.7 Å². The number of nitrogens with zero attached hydrogens (tertiary/aromatic N) is 5. The standard InChI is InChI=1S/C52H29N5O/c1-3-14-30(15-4-1)32-18-7-8-20-34(32)49-44-36-21-10-12-25-43(36)58-51(44)54-52(53-49)57-41-29-28-40-46-45-38(55(40)31-16-5-2-6-17-31)23-13-24-39(45)56-37-22-11-9-19-33(37)35-26-27-42(57)48(47(41)46)50(35)56/h1-29H. The Morgan fingerprint density at radius 1 is 0.379 bits per heavy atom. The number of rotatable bonds is 4. The molecule has 0 saturated heterocycles. The minimum absolute atomic E-state index is 0.561. The molecule has 14 rings (SSSR count). The van der Waals surface area contributed by atoms with E-state index in [1.165, 1.54) is 59.9 Å². The molecule has 0 bridgehead atoms. The van der Waals surface area contributed by atoms with Crippen LogP contribution in [0, 0.1) is 0 Å². The third kappa shape index (κ3) is 3.72. The zero-order chi connectivity index (χ0) is 37.6. The lowest BCUT2D eigenvalue weighted by molar-refractivity contribution is 0.651. The van der Waals surface area contributed by atoms with Gasteiger partial charge in [0.2, 0.25) is 11.7 Å². The summed E-state index contributed by atoms with van der Waals surface area (Å²) in [5.74, 6) is 0.568. The Kier molecular flexibility index (Phi) is 5.68. The lowest BCUT2D eigenvalue weighted by Gasteiger charge is -2.13. The average Bonchev–Trinajstić information content (AvgIpc) is 4.00. The smallest absolute Gasteiger partial charge is 0.238 e. The summed E-state index contributed by atoms with van der Waals surface area (Å²) in [6, 6.07) is 62.7. The van der Waals surface area contributed by atoms with Crippen molar-refractivity contribution < 1.29 is 4.42 Å². The van der Waals surface area contributed by atoms with Crippen LogP contribution in [-0.4, -0.2) is 23.5 Å². The van der Waals surface area contributed by atoms with Crippen molar-refractivity contribution in [1.29, 1.82) is 0 Å². The highest BCUT2D eigenvalue weighted by Gasteiger charge is 2.29. The topological polar surface area (TPSA) is 53.2 Å². The number of furan rings is 1. The van der Waals surface area contributed by atoms with Crippen molar-refractivity contribution in [3.8, 4) is 34.0 Å². The maximum absolute atomic E-state index is 6.65. The fraction of sp³-hybridized carbons (Fsp3) is 0. The molecule has 0 spiro atoms. The summed E-state index contributed by atoms with van der Waals surface area (Å²) in [6.45, 7) is 0. The number of hydrogen-bond donors (Lipinski definition) is 0. The van der Waals surface area contributed by atoms with E-state index in [1.807, 2.05) is 12.1 Å². The molecule has 6 heteroatoms. The molecule has 6 aromatic heterocycles. The van der Waals surface area contributed by atoms with Gasteiger partial charge in [-0.15, -0.1) is 0 Å². The summed E-state index contributed by atoms with van der Waals surface area (Å²) in [4.78, 5) is 11.0. The Labute approximate surface area is 329 Å². The van der Waals surface area contributed by atoms with Gasteiger partial charge in [-0.2, -0.15) is 4.98 Å². The first kappa shape index (κ1) is 30.3. The van der Waals surface area contributed by atoms with Gasteiger partial charge in [0.15, 0.2) is 0 Å². The van der Waals surface area contributed by atoms with Crippen LogP contribution in [-0.2, 0) is 0 Å². The lowest BCUT2D eigenvalue weighted by Crippen LogP contribution is -2.03. The zero-order valence-corrected chi connectivity index (χ0v) is 30.9. The van der Waals surface area contributed by atoms with Crippen LogP contribution in [0.15, 0.2) is 180 Å². The van der Waals surface area contributed by atoms with Crippen LogP contribution in [0.5, 0.6) is 0 Å². The molecule has 6 heterocycles. The van der Waals surface area contributed by atoms with Gasteiger partial charge in [0, 0.05) is 49.0 Å². The molecule has 0 aliphatic rings. The van der Waals surface area contributed by atoms with E-state index in [1.54, 1.807) is 0 Å². The number of para-hydroxylation sites is 3. The Morgan fingerprint density at radius 2 is 1.00 bits per heavy atom. The fourth-order valence-electron chi connectivity index (χ4n) is 10.1. The number of hydrogen-bond acceptors (Lipinski definition) is 3. The van der Waals surface area contributed by atoms with E-state index in [9.17, 15) is 0 Å². The number of fused-ring (bicyclic) bond motifs is 7. The SMILES string of the molecule is c1ccc(-c2ccccc2-c2nc(-n3c4ccc5c6c4c4c3ccc3c7ccccc7n(c7cccc(c67)n5-c5ccccc5)c34)nc3oc4ccccc4c23)cc1. The molecular formula is C52H29N5O. The molecule has 8 aromatic carbocycles. The third-order valence-electron chi connectivity index (χ3n) is 12.4. The Hall–Kier alpha value is -7.96. The Morgan fingerprint density at radius 3 is 1.86 bits per heavy atom. The molecule has 0 N–H and O–H groups in total. The number of benzene rings is 8. The van der Waals surface area contributed by atoms with Crippen molar-refractivity contribution in [2.75, 3.05) is 0 Å². The molecular weight excluding hydrogens is 711 g/mol. The van der Waals surface area contributed by atoms with E-state index >= 15 is 0 Å². The van der Waals surface area contributed by atoms with E-state index in [-0.39, 0.29) is 0 Å². The minimum atomic E-state index is 0.561. The predicted molar refractivity (Wildman–Crippen MR) is 237 cm³/mol. The molecule has 0 radical (unpaired) electrons. The van der Waals surface area contributed by atoms with Gasteiger partial charge in [-0.05, 0) is 65.7 Å². The molecule has 268 valence electrons. The van der Waals surface area contributed by atoms with Crippen LogP contribution in [0.3, 0.4) is 0 Å². The first-order valence-corrected chi connectivity index (χ1v) is 19.7. The highest BCUT2D eigenvalue weighted by atomic mass is 16.3. The van der Waals surface area contributed by atoms with E-state index in [2.05, 4.69) is 177 Å². The number of aromatic nitrogens is 5. The van der Waals surface area contributed by atoms with Crippen molar-refractivity contribution in [1.82, 2.24) is 23.5 Å². The van der Waals surface area contributed by atoms with Gasteiger partial charge < -0.3 is 13.4 Å². The molecule has 0 unspecified atom stereocenters. The van der Waals surface area contributed by atoms with Gasteiger partial charge in [0.05, 0.1) is 49.7 Å². The quantitative estimate of drug-likeness (QED) is 0.181. The second kappa shape index (κ2) is 10.9. The molecule has 0 atom stereocenters. The first-order valence-electron chi connectivity index (χ1n) is 19.7. The van der Waals surface area contributed by atoms with Gasteiger partial charge >= 0.3 is 0 Å². The van der Waals surface area contributed by atoms with Crippen molar-refractivity contribution in [2.24, 2.45) is 0 Å². The second-order valence-corrected chi connectivity index (χ2v) is 15.3. The van der Waals surface area contributed by atoms with Crippen LogP contribution in [0.4, 0.5) is 0 Å². The third-order valence-corrected chi connectivity index (χ3v) is 12.4. The van der Waals surface area contributed by atoms with Crippen LogP contribution >= 0.6 is 0 Å². The largest absolute Gasteiger partial charge is 0.437 e. The molecule has 0 saturated carbocycles. The molecule has 0 fully saturated rings. The van der Waals surface area contributed by atoms with Crippen LogP contribution in [0.2, 0.25) is 0 Å². The average molecular weight is 740 g/mol. The predicted octanol–water partition coefficient (Wildman–Crippen LogP) is 13.3. The highest BCUT2D eigenvalue weighted by molar-refractivity contribution is 6.38. The molecule has 58 heavy (non-hydrogen) atoms. The monoisotopic (exact) mass is 739 g/mol. The van der Waals surface area contributed by atoms with Crippen LogP contribution in [0.25, 0.3) is 127 Å². The highest BCUT2D eigenvalue weighted by Crippen LogP contribution is 2.49. The van der Waals surface area contributed by atoms with Gasteiger partial charge in [-0.1, -0.05) is 121 Å². The summed E-state index contributed by atoms with van der Waals surface area (Å²) in [7, 11) is 0. The molecule has 0 aliphatic carbocycles. The summed E-state index contributed by atoms with van der Waals surface area (Å²) >= 11 is 0. The Balaban J connectivity index is 1.20. The van der Waals surface area contributed by atoms with E-state index < -0.39 is 0 Å². The maximum Gasteiger partial charge on any atom is 0.238 e. The summed E-state index contributed by atoms with van der Waals surface area (Å²) < 4.78 is 13.8. The van der Waals surface area contributed by atoms with E-state index in [0.717, 1.165) is 55.5 Å². The lowest BCUT2D eigenvalue weighted by atomic mass is 9.96. The van der Waals surface area contributed by atoms with Gasteiger partial charge in [0.1, 0.15) is 5.58 Å². The van der Waals surface area contributed by atoms with Crippen LogP contribution in [0.1, 0.15) is 0 Å². The summed E-state index contributed by atoms with van der Waals surface area (Å²) in [5.41, 5.74) is 14.6. The maximum atomic E-state index is 6.65. The van der Waals surface area contributed by atoms with Crippen molar-refractivity contribution in [3.63, 3.8) is 0 Å². The van der Waals surface area contributed by atoms with Gasteiger partial charge in [-0.25, -0.2) is 4.98 Å². The second-order valence-electron chi connectivity index (χ2n) is 15.3. The molecule has 0 amide bonds. The first-order chi connectivity index (χ1) is 28.8. The fourth-order valence-corrected chi connectivity index (χ4v) is 10.1. The zero-order valence-electron chi connectivity index (χ0n) is 30.9. The minimum Gasteiger partial charge on any atom is -0.437 e. The Bertz CT molecular complexity index is 3960. The van der Waals surface area contributed by atoms with Crippen molar-refractivity contribution in [2.45, 2.75) is 0 Å². The molecule has 14 aromatic rings. The molecule has 6 nitrogen and oxygen atoms in total. The van der Waals surface area contributed by atoms with Gasteiger partial charge in [0.25, 0.3) is 0 Å². The van der Waals surface area contributed by atoms with E-state index in [4.69, 9.17) is 14.4 Å². The summed E-state index contributed by atoms with van der Waals surface area (Å²) in [5, 5.41) is 9.21. The summed E-state index contributed by atoms with van der Waals surface area (Å²) in [6.07, 6.45) is 0. The van der Waals surface area contributed by atoms with Crippen molar-refractivity contribution in [3.05, 3.63) is 176 Å². The van der Waals surface area contributed by atoms with Crippen LogP contribution < -0.4 is 0 Å². The van der Waals surface area contributed by atoms with Crippen molar-refractivity contribution >= 4 is 93.0 Å². The van der Waals surface area contributed by atoms with Gasteiger partial charge in [-0.3, -0.25) is 4.57 Å². The molecule has 0 aliphatic heterocycles. The normalized spacial score (nSPS) is 12.5.